The zero-order valence-electron chi connectivity index (χ0n) is 12.2. The second kappa shape index (κ2) is 7.09. The van der Waals surface area contributed by atoms with Crippen molar-refractivity contribution < 1.29 is 16.8 Å². The van der Waals surface area contributed by atoms with Crippen LogP contribution in [0.3, 0.4) is 0 Å². The molecule has 0 aliphatic heterocycles. The second-order valence-electron chi connectivity index (χ2n) is 5.40. The van der Waals surface area contributed by atoms with Gasteiger partial charge in [-0.25, -0.2) is 21.6 Å². The van der Waals surface area contributed by atoms with Crippen LogP contribution in [-0.2, 0) is 19.1 Å². The highest BCUT2D eigenvalue weighted by Gasteiger charge is 2.18. The number of hydrogen-bond acceptors (Lipinski definition) is 4. The van der Waals surface area contributed by atoms with E-state index in [-0.39, 0.29) is 15.8 Å². The van der Waals surface area contributed by atoms with Gasteiger partial charge in [-0.15, -0.1) is 0 Å². The molecular weight excluding hydrogens is 334 g/mol. The lowest BCUT2D eigenvalue weighted by molar-refractivity contribution is 0.485. The fourth-order valence-corrected chi connectivity index (χ4v) is 3.80. The van der Waals surface area contributed by atoms with Crippen LogP contribution in [-0.4, -0.2) is 22.9 Å². The minimum atomic E-state index is -3.85. The van der Waals surface area contributed by atoms with Crippen LogP contribution in [0.4, 0.5) is 0 Å². The molecule has 21 heavy (non-hydrogen) atoms. The molecule has 1 aromatic carbocycles. The molecule has 0 radical (unpaired) electrons. The summed E-state index contributed by atoms with van der Waals surface area (Å²) in [6, 6.07) is 4.62. The summed E-state index contributed by atoms with van der Waals surface area (Å²) in [4.78, 5) is -0.112. The molecular formula is C13H20ClNO4S2. The first-order chi connectivity index (χ1) is 9.52. The Bertz CT molecular complexity index is 667. The van der Waals surface area contributed by atoms with E-state index in [0.29, 0.717) is 5.92 Å². The highest BCUT2D eigenvalue weighted by molar-refractivity contribution is 8.13. The summed E-state index contributed by atoms with van der Waals surface area (Å²) >= 11 is 0. The predicted molar refractivity (Wildman–Crippen MR) is 83.3 cm³/mol. The van der Waals surface area contributed by atoms with E-state index >= 15 is 0 Å². The minimum absolute atomic E-state index is 0.0166. The molecule has 1 rings (SSSR count). The topological polar surface area (TPSA) is 80.3 Å². The van der Waals surface area contributed by atoms with E-state index < -0.39 is 19.1 Å². The van der Waals surface area contributed by atoms with Gasteiger partial charge < -0.3 is 0 Å². The Hall–Kier alpha value is -0.630. The van der Waals surface area contributed by atoms with Gasteiger partial charge in [0.15, 0.2) is 0 Å². The maximum atomic E-state index is 12.2. The highest BCUT2D eigenvalue weighted by Crippen LogP contribution is 2.18. The van der Waals surface area contributed by atoms with E-state index in [1.165, 1.54) is 24.3 Å². The summed E-state index contributed by atoms with van der Waals surface area (Å²) in [5.41, 5.74) is 0. The van der Waals surface area contributed by atoms with Crippen LogP contribution in [0.15, 0.2) is 34.1 Å². The summed E-state index contributed by atoms with van der Waals surface area (Å²) in [5, 5.41) is 0. The lowest BCUT2D eigenvalue weighted by Crippen LogP contribution is -2.32. The van der Waals surface area contributed by atoms with Crippen molar-refractivity contribution in [2.45, 2.75) is 49.4 Å². The number of rotatable bonds is 7. The zero-order chi connectivity index (χ0) is 16.3. The van der Waals surface area contributed by atoms with Crippen molar-refractivity contribution in [1.82, 2.24) is 4.72 Å². The van der Waals surface area contributed by atoms with Gasteiger partial charge in [0.1, 0.15) is 0 Å². The summed E-state index contributed by atoms with van der Waals surface area (Å²) in [5.74, 6) is 0.505. The number of nitrogens with one attached hydrogen (secondary N) is 1. The maximum absolute atomic E-state index is 12.2. The van der Waals surface area contributed by atoms with Crippen molar-refractivity contribution in [2.75, 3.05) is 0 Å². The molecule has 5 nitrogen and oxygen atoms in total. The Morgan fingerprint density at radius 1 is 0.952 bits per heavy atom. The van der Waals surface area contributed by atoms with E-state index in [4.69, 9.17) is 10.7 Å². The van der Waals surface area contributed by atoms with Gasteiger partial charge in [-0.1, -0.05) is 13.8 Å². The smallest absolute Gasteiger partial charge is 0.208 e. The minimum Gasteiger partial charge on any atom is -0.208 e. The van der Waals surface area contributed by atoms with E-state index in [0.717, 1.165) is 12.8 Å². The van der Waals surface area contributed by atoms with Gasteiger partial charge in [0.05, 0.1) is 9.79 Å². The molecule has 1 unspecified atom stereocenters. The molecule has 120 valence electrons. The van der Waals surface area contributed by atoms with Crippen LogP contribution >= 0.6 is 10.7 Å². The number of halogens is 1. The van der Waals surface area contributed by atoms with Crippen LogP contribution in [0.25, 0.3) is 0 Å². The van der Waals surface area contributed by atoms with Crippen molar-refractivity contribution in [1.29, 1.82) is 0 Å². The monoisotopic (exact) mass is 353 g/mol. The molecule has 0 spiro atoms. The first kappa shape index (κ1) is 18.4. The maximum Gasteiger partial charge on any atom is 0.261 e. The van der Waals surface area contributed by atoms with Crippen LogP contribution in [0.5, 0.6) is 0 Å². The molecule has 0 aromatic heterocycles. The summed E-state index contributed by atoms with van der Waals surface area (Å²) in [6.45, 7) is 5.95. The van der Waals surface area contributed by atoms with Crippen LogP contribution in [0.1, 0.15) is 33.6 Å². The fraction of sp³-hybridized carbons (Fsp3) is 0.538. The van der Waals surface area contributed by atoms with E-state index in [2.05, 4.69) is 18.6 Å². The normalized spacial score (nSPS) is 14.3. The van der Waals surface area contributed by atoms with Crippen molar-refractivity contribution in [3.8, 4) is 0 Å². The van der Waals surface area contributed by atoms with Crippen LogP contribution in [0, 0.1) is 5.92 Å². The van der Waals surface area contributed by atoms with Crippen LogP contribution in [0.2, 0.25) is 0 Å². The fourth-order valence-electron chi connectivity index (χ4n) is 1.76. The molecule has 1 N–H and O–H groups in total. The third kappa shape index (κ3) is 5.94. The Kier molecular flexibility index (Phi) is 6.22. The first-order valence-corrected chi connectivity index (χ1v) is 10.4. The molecule has 0 saturated carbocycles. The highest BCUT2D eigenvalue weighted by atomic mass is 35.7. The van der Waals surface area contributed by atoms with Crippen molar-refractivity contribution in [3.63, 3.8) is 0 Å². The van der Waals surface area contributed by atoms with Gasteiger partial charge >= 0.3 is 0 Å². The molecule has 0 amide bonds. The number of sulfonamides is 1. The van der Waals surface area contributed by atoms with E-state index in [1.807, 2.05) is 0 Å². The lowest BCUT2D eigenvalue weighted by Gasteiger charge is -2.15. The van der Waals surface area contributed by atoms with Gasteiger partial charge in [0, 0.05) is 16.7 Å². The number of benzene rings is 1. The molecule has 8 heteroatoms. The van der Waals surface area contributed by atoms with Gasteiger partial charge in [-0.05, 0) is 49.9 Å². The molecule has 0 aliphatic carbocycles. The van der Waals surface area contributed by atoms with Crippen molar-refractivity contribution in [3.05, 3.63) is 24.3 Å². The average Bonchev–Trinajstić information content (AvgIpc) is 2.35. The third-order valence-electron chi connectivity index (χ3n) is 2.95. The Morgan fingerprint density at radius 2 is 1.43 bits per heavy atom. The van der Waals surface area contributed by atoms with Gasteiger partial charge in [-0.2, -0.15) is 0 Å². The lowest BCUT2D eigenvalue weighted by atomic mass is 10.1. The van der Waals surface area contributed by atoms with Gasteiger partial charge in [0.25, 0.3) is 9.05 Å². The molecule has 0 heterocycles. The summed E-state index contributed by atoms with van der Waals surface area (Å²) < 4.78 is 49.1. The molecule has 1 atom stereocenters. The quantitative estimate of drug-likeness (QED) is 0.764. The predicted octanol–water partition coefficient (Wildman–Crippen LogP) is 2.72. The Balaban J connectivity index is 2.84. The second-order valence-corrected chi connectivity index (χ2v) is 9.68. The Labute approximate surface area is 131 Å². The van der Waals surface area contributed by atoms with Gasteiger partial charge in [0.2, 0.25) is 10.0 Å². The molecule has 0 fully saturated rings. The van der Waals surface area contributed by atoms with Crippen LogP contribution < -0.4 is 4.72 Å². The zero-order valence-corrected chi connectivity index (χ0v) is 14.6. The molecule has 0 aliphatic rings. The van der Waals surface area contributed by atoms with Crippen molar-refractivity contribution >= 4 is 29.8 Å². The summed E-state index contributed by atoms with van der Waals surface area (Å²) in [7, 11) is -2.32. The molecule has 1 aromatic rings. The third-order valence-corrected chi connectivity index (χ3v) is 5.92. The average molecular weight is 354 g/mol. The largest absolute Gasteiger partial charge is 0.261 e. The van der Waals surface area contributed by atoms with E-state index in [1.54, 1.807) is 6.92 Å². The molecule has 0 saturated heterocycles. The van der Waals surface area contributed by atoms with Gasteiger partial charge in [-0.3, -0.25) is 0 Å². The summed E-state index contributed by atoms with van der Waals surface area (Å²) in [6.07, 6.45) is 1.66. The first-order valence-electron chi connectivity index (χ1n) is 6.59. The SMILES string of the molecule is CC(C)CCC(C)NS(=O)(=O)c1ccc(S(=O)(=O)Cl)cc1. The Morgan fingerprint density at radius 3 is 1.86 bits per heavy atom. The van der Waals surface area contributed by atoms with E-state index in [9.17, 15) is 16.8 Å². The van der Waals surface area contributed by atoms with Crippen molar-refractivity contribution in [2.24, 2.45) is 5.92 Å². The number of hydrogen-bond donors (Lipinski definition) is 1. The standard InChI is InChI=1S/C13H20ClNO4S2/c1-10(2)4-5-11(3)15-21(18,19)13-8-6-12(7-9-13)20(14,16)17/h6-11,15H,4-5H2,1-3H3. The molecule has 0 bridgehead atoms.